The molecule has 0 spiro atoms. The quantitative estimate of drug-likeness (QED) is 0.172. The summed E-state index contributed by atoms with van der Waals surface area (Å²) in [5, 5.41) is 3.58. The summed E-state index contributed by atoms with van der Waals surface area (Å²) in [7, 11) is 0. The van der Waals surface area contributed by atoms with Crippen molar-refractivity contribution in [1.29, 1.82) is 0 Å². The fourth-order valence-electron chi connectivity index (χ4n) is 8.18. The van der Waals surface area contributed by atoms with E-state index in [1.807, 2.05) is 48.7 Å². The minimum absolute atomic E-state index is 0.802. The van der Waals surface area contributed by atoms with Gasteiger partial charge >= 0.3 is 0 Å². The third kappa shape index (κ3) is 5.19. The Balaban J connectivity index is 1.07. The molecule has 0 saturated heterocycles. The van der Waals surface area contributed by atoms with Gasteiger partial charge in [-0.2, -0.15) is 0 Å². The lowest BCUT2D eigenvalue weighted by Gasteiger charge is -2.12. The number of para-hydroxylation sites is 2. The summed E-state index contributed by atoms with van der Waals surface area (Å²) in [5.41, 5.74) is 15.4. The van der Waals surface area contributed by atoms with Crippen molar-refractivity contribution < 1.29 is 0 Å². The van der Waals surface area contributed by atoms with Gasteiger partial charge in [0.2, 0.25) is 0 Å². The van der Waals surface area contributed by atoms with Gasteiger partial charge in [-0.25, -0.2) is 4.98 Å². The van der Waals surface area contributed by atoms with Crippen LogP contribution in [-0.4, -0.2) is 29.1 Å². The summed E-state index contributed by atoms with van der Waals surface area (Å²) < 4.78 is 4.71. The van der Waals surface area contributed by atoms with Crippen LogP contribution in [0.1, 0.15) is 0 Å². The first kappa shape index (κ1) is 31.8. The van der Waals surface area contributed by atoms with Crippen LogP contribution in [0.25, 0.3) is 100 Å². The van der Waals surface area contributed by atoms with Gasteiger partial charge in [-0.3, -0.25) is 15.0 Å². The Hall–Kier alpha value is -7.70. The minimum atomic E-state index is 0.802. The Morgan fingerprint density at radius 3 is 1.71 bits per heavy atom. The van der Waals surface area contributed by atoms with Gasteiger partial charge in [0.25, 0.3) is 0 Å². The largest absolute Gasteiger partial charge is 0.309 e. The standard InChI is InChI=1S/C50H32N6/c1-2-12-36(13-3-1)55-45-18-5-4-14-39(45)49-38(15-10-19-46(49)55)34-23-26-40-48(32-34)56(47-20-11-29-53-50(40)47)37-24-21-33(22-25-37)35-30-43(41-16-6-8-27-51-41)54-44(31-35)42-17-7-9-28-52-42/h1-32H. The Kier molecular flexibility index (Phi) is 7.38. The SMILES string of the molecule is c1ccc(-n2c3ccccc3c3c(-c4ccc5c6ncccc6n(-c6ccc(-c7cc(-c8ccccn8)nc(-c8ccccn8)c7)cc6)c5c4)cccc32)cc1. The summed E-state index contributed by atoms with van der Waals surface area (Å²) in [6.45, 7) is 0. The van der Waals surface area contributed by atoms with Crippen molar-refractivity contribution in [1.82, 2.24) is 29.1 Å². The first-order valence-electron chi connectivity index (χ1n) is 18.7. The van der Waals surface area contributed by atoms with Gasteiger partial charge in [0, 0.05) is 46.1 Å². The maximum atomic E-state index is 4.97. The van der Waals surface area contributed by atoms with E-state index in [0.717, 1.165) is 72.8 Å². The number of rotatable bonds is 6. The van der Waals surface area contributed by atoms with Crippen LogP contribution in [0.15, 0.2) is 195 Å². The van der Waals surface area contributed by atoms with E-state index in [1.54, 1.807) is 12.4 Å². The zero-order valence-electron chi connectivity index (χ0n) is 30.2. The first-order valence-corrected chi connectivity index (χ1v) is 18.7. The van der Waals surface area contributed by atoms with Gasteiger partial charge < -0.3 is 9.13 Å². The van der Waals surface area contributed by atoms with E-state index in [4.69, 9.17) is 9.97 Å². The van der Waals surface area contributed by atoms with E-state index in [0.29, 0.717) is 0 Å². The second kappa shape index (κ2) is 13.0. The molecule has 56 heavy (non-hydrogen) atoms. The van der Waals surface area contributed by atoms with Crippen LogP contribution in [0.3, 0.4) is 0 Å². The molecule has 5 aromatic carbocycles. The number of pyridine rings is 4. The molecule has 0 bridgehead atoms. The van der Waals surface area contributed by atoms with Crippen molar-refractivity contribution >= 4 is 43.7 Å². The fraction of sp³-hybridized carbons (Fsp3) is 0. The maximum absolute atomic E-state index is 4.97. The van der Waals surface area contributed by atoms with E-state index >= 15 is 0 Å². The predicted molar refractivity (Wildman–Crippen MR) is 228 cm³/mol. The summed E-state index contributed by atoms with van der Waals surface area (Å²) in [6, 6.07) is 61.7. The molecule has 0 aliphatic carbocycles. The van der Waals surface area contributed by atoms with E-state index < -0.39 is 0 Å². The van der Waals surface area contributed by atoms with E-state index in [9.17, 15) is 0 Å². The van der Waals surface area contributed by atoms with Crippen LogP contribution in [0.5, 0.6) is 0 Å². The molecule has 0 N–H and O–H groups in total. The van der Waals surface area contributed by atoms with Crippen molar-refractivity contribution in [3.05, 3.63) is 195 Å². The number of fused-ring (bicyclic) bond motifs is 6. The van der Waals surface area contributed by atoms with Crippen LogP contribution in [0.2, 0.25) is 0 Å². The highest BCUT2D eigenvalue weighted by atomic mass is 15.0. The first-order chi connectivity index (χ1) is 27.8. The molecule has 0 amide bonds. The van der Waals surface area contributed by atoms with Crippen LogP contribution in [0.4, 0.5) is 0 Å². The molecule has 0 radical (unpaired) electrons. The Labute approximate surface area is 322 Å². The van der Waals surface area contributed by atoms with Crippen LogP contribution in [0, 0.1) is 0 Å². The minimum Gasteiger partial charge on any atom is -0.309 e. The molecule has 6 heteroatoms. The van der Waals surface area contributed by atoms with Gasteiger partial charge in [0.1, 0.15) is 0 Å². The molecular formula is C50H32N6. The molecule has 0 aliphatic heterocycles. The van der Waals surface area contributed by atoms with Crippen LogP contribution in [-0.2, 0) is 0 Å². The summed E-state index contributed by atoms with van der Waals surface area (Å²) in [4.78, 5) is 19.1. The number of nitrogens with zero attached hydrogens (tertiary/aromatic N) is 6. The topological polar surface area (TPSA) is 61.4 Å². The van der Waals surface area contributed by atoms with Crippen molar-refractivity contribution in [2.45, 2.75) is 0 Å². The van der Waals surface area contributed by atoms with E-state index in [2.05, 4.69) is 153 Å². The second-order valence-corrected chi connectivity index (χ2v) is 13.9. The lowest BCUT2D eigenvalue weighted by atomic mass is 9.98. The van der Waals surface area contributed by atoms with Crippen LogP contribution < -0.4 is 0 Å². The summed E-state index contributed by atoms with van der Waals surface area (Å²) in [5.74, 6) is 0. The number of hydrogen-bond donors (Lipinski definition) is 0. The van der Waals surface area contributed by atoms with Crippen molar-refractivity contribution in [3.8, 4) is 56.4 Å². The van der Waals surface area contributed by atoms with Crippen LogP contribution >= 0.6 is 0 Å². The zero-order valence-corrected chi connectivity index (χ0v) is 30.2. The van der Waals surface area contributed by atoms with Gasteiger partial charge in [-0.05, 0) is 119 Å². The Morgan fingerprint density at radius 2 is 0.964 bits per heavy atom. The van der Waals surface area contributed by atoms with Crippen molar-refractivity contribution in [3.63, 3.8) is 0 Å². The molecule has 11 aromatic rings. The van der Waals surface area contributed by atoms with E-state index in [-0.39, 0.29) is 0 Å². The number of hydrogen-bond acceptors (Lipinski definition) is 4. The predicted octanol–water partition coefficient (Wildman–Crippen LogP) is 12.1. The second-order valence-electron chi connectivity index (χ2n) is 13.9. The Morgan fingerprint density at radius 1 is 0.339 bits per heavy atom. The molecule has 262 valence electrons. The molecule has 11 rings (SSSR count). The van der Waals surface area contributed by atoms with Crippen molar-refractivity contribution in [2.24, 2.45) is 0 Å². The van der Waals surface area contributed by atoms with Gasteiger partial charge in [0.05, 0.1) is 50.4 Å². The summed E-state index contributed by atoms with van der Waals surface area (Å²) in [6.07, 6.45) is 5.48. The molecule has 0 aliphatic rings. The molecule has 6 heterocycles. The molecule has 6 aromatic heterocycles. The lowest BCUT2D eigenvalue weighted by molar-refractivity contribution is 1.17. The summed E-state index contributed by atoms with van der Waals surface area (Å²) >= 11 is 0. The average Bonchev–Trinajstić information content (AvgIpc) is 3.80. The maximum Gasteiger partial charge on any atom is 0.0963 e. The molecule has 0 unspecified atom stereocenters. The molecular weight excluding hydrogens is 685 g/mol. The normalized spacial score (nSPS) is 11.6. The highest BCUT2D eigenvalue weighted by Crippen LogP contribution is 2.41. The molecule has 0 saturated carbocycles. The molecule has 0 fully saturated rings. The van der Waals surface area contributed by atoms with Crippen molar-refractivity contribution in [2.75, 3.05) is 0 Å². The fourth-order valence-corrected chi connectivity index (χ4v) is 8.18. The Bertz CT molecular complexity index is 3160. The zero-order chi connectivity index (χ0) is 37.0. The highest BCUT2D eigenvalue weighted by molar-refractivity contribution is 6.17. The lowest BCUT2D eigenvalue weighted by Crippen LogP contribution is -1.96. The smallest absolute Gasteiger partial charge is 0.0963 e. The third-order valence-corrected chi connectivity index (χ3v) is 10.7. The number of aromatic nitrogens is 6. The molecule has 6 nitrogen and oxygen atoms in total. The average molecular weight is 717 g/mol. The van der Waals surface area contributed by atoms with Gasteiger partial charge in [0.15, 0.2) is 0 Å². The molecule has 0 atom stereocenters. The number of benzene rings is 5. The third-order valence-electron chi connectivity index (χ3n) is 10.7. The monoisotopic (exact) mass is 716 g/mol. The van der Waals surface area contributed by atoms with Gasteiger partial charge in [-0.1, -0.05) is 78.9 Å². The van der Waals surface area contributed by atoms with Gasteiger partial charge in [-0.15, -0.1) is 0 Å². The van der Waals surface area contributed by atoms with E-state index in [1.165, 1.54) is 27.4 Å². The highest BCUT2D eigenvalue weighted by Gasteiger charge is 2.19.